The minimum absolute atomic E-state index is 0.153. The van der Waals surface area contributed by atoms with Crippen molar-refractivity contribution in [3.63, 3.8) is 0 Å². The molecule has 2 amide bonds. The van der Waals surface area contributed by atoms with Crippen LogP contribution in [0.15, 0.2) is 48.5 Å². The maximum atomic E-state index is 13.5. The lowest BCUT2D eigenvalue weighted by Crippen LogP contribution is -2.35. The fraction of sp³-hybridized carbons (Fsp3) is 0.269. The van der Waals surface area contributed by atoms with Crippen molar-refractivity contribution < 1.29 is 14.0 Å². The van der Waals surface area contributed by atoms with E-state index in [0.29, 0.717) is 35.2 Å². The van der Waals surface area contributed by atoms with E-state index in [9.17, 15) is 19.2 Å². The monoisotopic (exact) mass is 459 g/mol. The Labute approximate surface area is 197 Å². The van der Waals surface area contributed by atoms with E-state index in [4.69, 9.17) is 5.73 Å². The van der Waals surface area contributed by atoms with Gasteiger partial charge in [0.2, 0.25) is 11.8 Å². The molecule has 2 aromatic carbocycles. The number of nitrogens with two attached hydrogens (primary N) is 1. The first kappa shape index (κ1) is 23.2. The predicted octanol–water partition coefficient (Wildman–Crippen LogP) is 3.81. The van der Waals surface area contributed by atoms with E-state index in [1.54, 1.807) is 28.8 Å². The number of hydrogen-bond acceptors (Lipinski definition) is 4. The van der Waals surface area contributed by atoms with Crippen LogP contribution in [0.25, 0.3) is 5.69 Å². The minimum Gasteiger partial charge on any atom is -0.366 e. The average Bonchev–Trinajstić information content (AvgIpc) is 3.63. The van der Waals surface area contributed by atoms with Crippen LogP contribution in [0.1, 0.15) is 45.6 Å². The number of anilines is 1. The normalized spacial score (nSPS) is 13.0. The van der Waals surface area contributed by atoms with Gasteiger partial charge in [-0.1, -0.05) is 12.1 Å². The van der Waals surface area contributed by atoms with Crippen LogP contribution in [0.2, 0.25) is 0 Å². The number of aromatic nitrogens is 1. The summed E-state index contributed by atoms with van der Waals surface area (Å²) >= 11 is 0. The van der Waals surface area contributed by atoms with Gasteiger partial charge < -0.3 is 11.1 Å². The number of nitriles is 1. The van der Waals surface area contributed by atoms with E-state index in [1.165, 1.54) is 12.1 Å². The largest absolute Gasteiger partial charge is 0.366 e. The summed E-state index contributed by atoms with van der Waals surface area (Å²) in [6, 6.07) is 15.5. The highest BCUT2D eigenvalue weighted by Gasteiger charge is 2.31. The zero-order chi connectivity index (χ0) is 24.4. The van der Waals surface area contributed by atoms with Gasteiger partial charge in [0, 0.05) is 29.5 Å². The maximum Gasteiger partial charge on any atom is 0.248 e. The Bertz CT molecular complexity index is 1270. The zero-order valence-corrected chi connectivity index (χ0v) is 19.1. The average molecular weight is 460 g/mol. The van der Waals surface area contributed by atoms with Crippen LogP contribution >= 0.6 is 0 Å². The van der Waals surface area contributed by atoms with E-state index in [0.717, 1.165) is 29.7 Å². The van der Waals surface area contributed by atoms with Crippen molar-refractivity contribution in [1.29, 1.82) is 5.26 Å². The van der Waals surface area contributed by atoms with Crippen molar-refractivity contribution in [2.45, 2.75) is 39.3 Å². The second-order valence-electron chi connectivity index (χ2n) is 8.60. The first-order valence-electron chi connectivity index (χ1n) is 11.1. The molecule has 3 aromatic rings. The summed E-state index contributed by atoms with van der Waals surface area (Å²) < 4.78 is 15.2. The van der Waals surface area contributed by atoms with Crippen LogP contribution < -0.4 is 11.1 Å². The summed E-state index contributed by atoms with van der Waals surface area (Å²) in [6.45, 7) is 4.40. The van der Waals surface area contributed by atoms with Crippen molar-refractivity contribution in [1.82, 2.24) is 9.47 Å². The molecule has 8 heteroatoms. The molecule has 0 unspecified atom stereocenters. The van der Waals surface area contributed by atoms with Crippen molar-refractivity contribution >= 4 is 17.6 Å². The lowest BCUT2D eigenvalue weighted by molar-refractivity contribution is -0.117. The molecule has 34 heavy (non-hydrogen) atoms. The van der Waals surface area contributed by atoms with Gasteiger partial charge in [-0.05, 0) is 74.2 Å². The van der Waals surface area contributed by atoms with Gasteiger partial charge >= 0.3 is 0 Å². The van der Waals surface area contributed by atoms with Crippen LogP contribution in [-0.2, 0) is 11.3 Å². The molecule has 4 rings (SSSR count). The second-order valence-corrected chi connectivity index (χ2v) is 8.60. The topological polar surface area (TPSA) is 104 Å². The van der Waals surface area contributed by atoms with Gasteiger partial charge in [-0.15, -0.1) is 0 Å². The molecule has 1 saturated carbocycles. The minimum atomic E-state index is -0.479. The van der Waals surface area contributed by atoms with Gasteiger partial charge in [0.1, 0.15) is 17.7 Å². The summed E-state index contributed by atoms with van der Waals surface area (Å²) in [5.74, 6) is -0.693. The zero-order valence-electron chi connectivity index (χ0n) is 19.1. The van der Waals surface area contributed by atoms with Crippen LogP contribution in [0, 0.1) is 31.0 Å². The summed E-state index contributed by atoms with van der Waals surface area (Å²) in [7, 11) is 0. The molecule has 1 aliphatic carbocycles. The third kappa shape index (κ3) is 4.85. The number of benzene rings is 2. The third-order valence-corrected chi connectivity index (χ3v) is 6.20. The fourth-order valence-electron chi connectivity index (χ4n) is 4.09. The molecule has 174 valence electrons. The molecule has 0 radical (unpaired) electrons. The number of carbonyl (C=O) groups excluding carboxylic acids is 2. The van der Waals surface area contributed by atoms with E-state index in [1.807, 2.05) is 26.0 Å². The SMILES string of the molecule is Cc1c(C#N)c(NC(=O)CN(Cc2ccc(C(N)=O)cc2)C2CC2)n(-c2ccc(F)cc2)c1C. The number of amides is 2. The smallest absolute Gasteiger partial charge is 0.248 e. The number of hydrogen-bond donors (Lipinski definition) is 2. The molecule has 7 nitrogen and oxygen atoms in total. The molecule has 1 fully saturated rings. The Morgan fingerprint density at radius 1 is 1.15 bits per heavy atom. The van der Waals surface area contributed by atoms with Crippen molar-refractivity contribution in [3.8, 4) is 11.8 Å². The van der Waals surface area contributed by atoms with Crippen LogP contribution in [0.3, 0.4) is 0 Å². The van der Waals surface area contributed by atoms with Crippen LogP contribution in [0.5, 0.6) is 0 Å². The molecule has 0 saturated heterocycles. The maximum absolute atomic E-state index is 13.5. The number of carbonyl (C=O) groups is 2. The Morgan fingerprint density at radius 2 is 1.79 bits per heavy atom. The Morgan fingerprint density at radius 3 is 2.35 bits per heavy atom. The molecular weight excluding hydrogens is 433 g/mol. The van der Waals surface area contributed by atoms with E-state index < -0.39 is 5.91 Å². The summed E-state index contributed by atoms with van der Waals surface area (Å²) in [4.78, 5) is 26.5. The van der Waals surface area contributed by atoms with Gasteiger partial charge in [-0.2, -0.15) is 5.26 Å². The highest BCUT2D eigenvalue weighted by atomic mass is 19.1. The van der Waals surface area contributed by atoms with Crippen molar-refractivity contribution in [3.05, 3.63) is 82.3 Å². The molecule has 3 N–H and O–H groups in total. The summed E-state index contributed by atoms with van der Waals surface area (Å²) in [5, 5.41) is 12.7. The highest BCUT2D eigenvalue weighted by molar-refractivity contribution is 5.94. The molecule has 0 atom stereocenters. The van der Waals surface area contributed by atoms with Gasteiger partial charge in [-0.25, -0.2) is 4.39 Å². The second kappa shape index (κ2) is 9.49. The predicted molar refractivity (Wildman–Crippen MR) is 127 cm³/mol. The van der Waals surface area contributed by atoms with Gasteiger partial charge in [0.15, 0.2) is 0 Å². The quantitative estimate of drug-likeness (QED) is 0.535. The molecule has 0 bridgehead atoms. The number of nitrogens with zero attached hydrogens (tertiary/aromatic N) is 3. The van der Waals surface area contributed by atoms with E-state index in [-0.39, 0.29) is 18.3 Å². The van der Waals surface area contributed by atoms with E-state index >= 15 is 0 Å². The summed E-state index contributed by atoms with van der Waals surface area (Å²) in [5.41, 5.74) is 9.33. The van der Waals surface area contributed by atoms with Gasteiger partial charge in [0.05, 0.1) is 12.1 Å². The molecule has 1 aromatic heterocycles. The third-order valence-electron chi connectivity index (χ3n) is 6.20. The first-order chi connectivity index (χ1) is 16.3. The lowest BCUT2D eigenvalue weighted by atomic mass is 10.1. The number of primary amides is 1. The first-order valence-corrected chi connectivity index (χ1v) is 11.1. The van der Waals surface area contributed by atoms with Gasteiger partial charge in [0.25, 0.3) is 0 Å². The number of rotatable bonds is 8. The molecule has 1 heterocycles. The van der Waals surface area contributed by atoms with Crippen molar-refractivity contribution in [2.75, 3.05) is 11.9 Å². The van der Waals surface area contributed by atoms with Crippen molar-refractivity contribution in [2.24, 2.45) is 5.73 Å². The van der Waals surface area contributed by atoms with E-state index in [2.05, 4.69) is 16.3 Å². The standard InChI is InChI=1S/C26H26FN5O2/c1-16-17(2)32(22-9-7-20(27)8-10-22)26(23(16)13-28)30-24(33)15-31(21-11-12-21)14-18-3-5-19(6-4-18)25(29)34/h3-10,21H,11-12,14-15H2,1-2H3,(H2,29,34)(H,30,33). The Hall–Kier alpha value is -3.96. The Kier molecular flexibility index (Phi) is 6.48. The molecular formula is C26H26FN5O2. The van der Waals surface area contributed by atoms with Crippen LogP contribution in [0.4, 0.5) is 10.2 Å². The lowest BCUT2D eigenvalue weighted by Gasteiger charge is -2.22. The number of halogens is 1. The van der Waals surface area contributed by atoms with Gasteiger partial charge in [-0.3, -0.25) is 19.1 Å². The fourth-order valence-corrected chi connectivity index (χ4v) is 4.09. The molecule has 0 aliphatic heterocycles. The van der Waals surface area contributed by atoms with Crippen LogP contribution in [-0.4, -0.2) is 33.9 Å². The highest BCUT2D eigenvalue weighted by Crippen LogP contribution is 2.31. The molecule has 1 aliphatic rings. The molecule has 0 spiro atoms. The Balaban J connectivity index is 1.55. The summed E-state index contributed by atoms with van der Waals surface area (Å²) in [6.07, 6.45) is 2.03. The number of nitrogens with one attached hydrogen (secondary N) is 1.